The first-order valence-corrected chi connectivity index (χ1v) is 11.4. The number of hydrogen-bond donors (Lipinski definition) is 0. The Labute approximate surface area is 186 Å². The summed E-state index contributed by atoms with van der Waals surface area (Å²) >= 11 is 0. The molecule has 168 valence electrons. The van der Waals surface area contributed by atoms with Gasteiger partial charge in [0.25, 0.3) is 0 Å². The maximum absolute atomic E-state index is 5.57. The predicted octanol–water partition coefficient (Wildman–Crippen LogP) is 4.98. The van der Waals surface area contributed by atoms with Gasteiger partial charge in [0.2, 0.25) is 0 Å². The monoisotopic (exact) mass is 425 g/mol. The molecule has 0 saturated carbocycles. The van der Waals surface area contributed by atoms with Gasteiger partial charge in [0.15, 0.2) is 23.0 Å². The lowest BCUT2D eigenvalue weighted by Gasteiger charge is -2.31. The molecule has 0 saturated heterocycles. The van der Waals surface area contributed by atoms with Crippen LogP contribution in [0, 0.1) is 0 Å². The van der Waals surface area contributed by atoms with Gasteiger partial charge < -0.3 is 18.9 Å². The van der Waals surface area contributed by atoms with Crippen LogP contribution in [0.2, 0.25) is 0 Å². The van der Waals surface area contributed by atoms with Crippen molar-refractivity contribution in [2.45, 2.75) is 51.0 Å². The van der Waals surface area contributed by atoms with Gasteiger partial charge in [-0.25, -0.2) is 0 Å². The minimum atomic E-state index is 0.616. The zero-order chi connectivity index (χ0) is 21.8. The summed E-state index contributed by atoms with van der Waals surface area (Å²) < 4.78 is 22.0. The van der Waals surface area contributed by atoms with Crippen molar-refractivity contribution in [3.63, 3.8) is 0 Å². The van der Waals surface area contributed by atoms with Crippen LogP contribution in [0.15, 0.2) is 24.3 Å². The Morgan fingerprint density at radius 3 is 2.06 bits per heavy atom. The van der Waals surface area contributed by atoms with Crippen LogP contribution >= 0.6 is 0 Å². The summed E-state index contributed by atoms with van der Waals surface area (Å²) in [5.74, 6) is 3.97. The lowest BCUT2D eigenvalue weighted by atomic mass is 9.80. The molecule has 4 rings (SSSR count). The first-order valence-electron chi connectivity index (χ1n) is 11.4. The van der Waals surface area contributed by atoms with Crippen LogP contribution in [-0.4, -0.2) is 46.4 Å². The summed E-state index contributed by atoms with van der Waals surface area (Å²) in [4.78, 5) is 2.58. The Morgan fingerprint density at radius 1 is 0.774 bits per heavy atom. The van der Waals surface area contributed by atoms with E-state index in [-0.39, 0.29) is 0 Å². The van der Waals surface area contributed by atoms with Crippen LogP contribution in [0.1, 0.15) is 53.9 Å². The molecule has 2 aliphatic rings. The van der Waals surface area contributed by atoms with Crippen molar-refractivity contribution in [2.24, 2.45) is 0 Å². The number of nitrogens with zero attached hydrogens (tertiary/aromatic N) is 1. The predicted molar refractivity (Wildman–Crippen MR) is 123 cm³/mol. The standard InChI is InChI=1S/C26H35NO4/c1-28-23-13-19-10-12-27(17-21(19)15-25(23)30-3)11-6-9-18-7-5-8-20-14-24(29-2)26(31-4)16-22(18)20/h13-16,18H,5-12,17H2,1-4H3. The van der Waals surface area contributed by atoms with E-state index in [0.29, 0.717) is 5.92 Å². The number of rotatable bonds is 8. The summed E-state index contributed by atoms with van der Waals surface area (Å²) in [6.07, 6.45) is 7.16. The third kappa shape index (κ3) is 4.62. The van der Waals surface area contributed by atoms with Gasteiger partial charge in [-0.15, -0.1) is 0 Å². The molecule has 5 heteroatoms. The van der Waals surface area contributed by atoms with Crippen molar-refractivity contribution in [3.05, 3.63) is 46.5 Å². The molecule has 1 atom stereocenters. The Morgan fingerprint density at radius 2 is 1.39 bits per heavy atom. The van der Waals surface area contributed by atoms with E-state index in [1.165, 1.54) is 47.9 Å². The number of ether oxygens (including phenoxy) is 4. The Hall–Kier alpha value is -2.40. The van der Waals surface area contributed by atoms with E-state index >= 15 is 0 Å². The fourth-order valence-electron chi connectivity index (χ4n) is 5.22. The molecule has 0 fully saturated rings. The van der Waals surface area contributed by atoms with Crippen molar-refractivity contribution in [1.29, 1.82) is 0 Å². The molecule has 0 spiro atoms. The minimum absolute atomic E-state index is 0.616. The summed E-state index contributed by atoms with van der Waals surface area (Å²) in [5.41, 5.74) is 5.64. The Balaban J connectivity index is 1.38. The molecule has 2 aromatic rings. The molecule has 0 bridgehead atoms. The molecule has 1 aliphatic heterocycles. The van der Waals surface area contributed by atoms with E-state index in [1.807, 2.05) is 0 Å². The fraction of sp³-hybridized carbons (Fsp3) is 0.538. The van der Waals surface area contributed by atoms with Crippen molar-refractivity contribution in [1.82, 2.24) is 4.90 Å². The van der Waals surface area contributed by atoms with E-state index in [1.54, 1.807) is 28.4 Å². The molecule has 2 aromatic carbocycles. The SMILES string of the molecule is COc1cc2c(cc1OC)CN(CCCC1CCCc3cc(OC)c(OC)cc31)CC2. The van der Waals surface area contributed by atoms with Crippen LogP contribution in [0.25, 0.3) is 0 Å². The number of benzene rings is 2. The molecule has 0 radical (unpaired) electrons. The topological polar surface area (TPSA) is 40.2 Å². The second-order valence-corrected chi connectivity index (χ2v) is 8.64. The molecule has 5 nitrogen and oxygen atoms in total. The molecule has 1 aliphatic carbocycles. The lowest BCUT2D eigenvalue weighted by Crippen LogP contribution is -2.31. The highest BCUT2D eigenvalue weighted by molar-refractivity contribution is 5.50. The van der Waals surface area contributed by atoms with E-state index in [9.17, 15) is 0 Å². The molecular weight excluding hydrogens is 390 g/mol. The van der Waals surface area contributed by atoms with Gasteiger partial charge in [-0.05, 0) is 97.5 Å². The van der Waals surface area contributed by atoms with Gasteiger partial charge in [0.1, 0.15) is 0 Å². The maximum atomic E-state index is 5.57. The van der Waals surface area contributed by atoms with Crippen LogP contribution < -0.4 is 18.9 Å². The van der Waals surface area contributed by atoms with Crippen LogP contribution in [0.5, 0.6) is 23.0 Å². The highest BCUT2D eigenvalue weighted by Crippen LogP contribution is 2.41. The molecule has 0 aromatic heterocycles. The summed E-state index contributed by atoms with van der Waals surface area (Å²) in [6.45, 7) is 3.23. The zero-order valence-corrected chi connectivity index (χ0v) is 19.3. The Kier molecular flexibility index (Phi) is 6.91. The van der Waals surface area contributed by atoms with Gasteiger partial charge in [-0.1, -0.05) is 0 Å². The fourth-order valence-corrected chi connectivity index (χ4v) is 5.22. The third-order valence-electron chi connectivity index (χ3n) is 6.91. The summed E-state index contributed by atoms with van der Waals surface area (Å²) in [6, 6.07) is 8.70. The van der Waals surface area contributed by atoms with Gasteiger partial charge in [-0.2, -0.15) is 0 Å². The number of hydrogen-bond acceptors (Lipinski definition) is 5. The molecule has 0 N–H and O–H groups in total. The second kappa shape index (κ2) is 9.82. The normalized spacial score (nSPS) is 18.1. The highest BCUT2D eigenvalue weighted by atomic mass is 16.5. The number of fused-ring (bicyclic) bond motifs is 2. The summed E-state index contributed by atoms with van der Waals surface area (Å²) in [7, 11) is 6.85. The first kappa shape index (κ1) is 21.8. The van der Waals surface area contributed by atoms with Crippen molar-refractivity contribution in [2.75, 3.05) is 41.5 Å². The quantitative estimate of drug-likeness (QED) is 0.597. The van der Waals surface area contributed by atoms with Crippen molar-refractivity contribution < 1.29 is 18.9 Å². The number of aryl methyl sites for hydroxylation is 1. The summed E-state index contributed by atoms with van der Waals surface area (Å²) in [5, 5.41) is 0. The van der Waals surface area contributed by atoms with E-state index in [4.69, 9.17) is 18.9 Å². The highest BCUT2D eigenvalue weighted by Gasteiger charge is 2.24. The van der Waals surface area contributed by atoms with E-state index in [0.717, 1.165) is 55.5 Å². The average Bonchev–Trinajstić information content (AvgIpc) is 2.82. The largest absolute Gasteiger partial charge is 0.493 e. The maximum Gasteiger partial charge on any atom is 0.161 e. The molecule has 1 unspecified atom stereocenters. The zero-order valence-electron chi connectivity index (χ0n) is 19.3. The van der Waals surface area contributed by atoms with Crippen LogP contribution in [0.4, 0.5) is 0 Å². The Bertz CT molecular complexity index is 911. The van der Waals surface area contributed by atoms with Gasteiger partial charge in [-0.3, -0.25) is 4.90 Å². The van der Waals surface area contributed by atoms with Crippen LogP contribution in [0.3, 0.4) is 0 Å². The van der Waals surface area contributed by atoms with E-state index in [2.05, 4.69) is 29.2 Å². The molecular formula is C26H35NO4. The van der Waals surface area contributed by atoms with Crippen molar-refractivity contribution >= 4 is 0 Å². The smallest absolute Gasteiger partial charge is 0.161 e. The van der Waals surface area contributed by atoms with Crippen LogP contribution in [-0.2, 0) is 19.4 Å². The third-order valence-corrected chi connectivity index (χ3v) is 6.91. The van der Waals surface area contributed by atoms with E-state index < -0.39 is 0 Å². The van der Waals surface area contributed by atoms with Crippen molar-refractivity contribution in [3.8, 4) is 23.0 Å². The van der Waals surface area contributed by atoms with Gasteiger partial charge in [0, 0.05) is 13.1 Å². The van der Waals surface area contributed by atoms with Gasteiger partial charge in [0.05, 0.1) is 28.4 Å². The molecule has 1 heterocycles. The first-order chi connectivity index (χ1) is 15.2. The lowest BCUT2D eigenvalue weighted by molar-refractivity contribution is 0.244. The molecule has 31 heavy (non-hydrogen) atoms. The van der Waals surface area contributed by atoms with Gasteiger partial charge >= 0.3 is 0 Å². The average molecular weight is 426 g/mol. The molecule has 0 amide bonds. The minimum Gasteiger partial charge on any atom is -0.493 e. The number of methoxy groups -OCH3 is 4. The second-order valence-electron chi connectivity index (χ2n) is 8.64.